The summed E-state index contributed by atoms with van der Waals surface area (Å²) in [6, 6.07) is 19.9. The molecule has 1 saturated heterocycles. The lowest BCUT2D eigenvalue weighted by Crippen LogP contribution is -2.27. The lowest BCUT2D eigenvalue weighted by molar-refractivity contribution is -0.113. The SMILES string of the molecule is O=C1/C(=C\c2cn(Cc3c(F)cccc3Cl)c3ccccc23)SC(=S)N1c1ccc(Br)cc1. The Bertz CT molecular complexity index is 1430. The van der Waals surface area contributed by atoms with Crippen molar-refractivity contribution in [1.82, 2.24) is 4.57 Å². The van der Waals surface area contributed by atoms with Gasteiger partial charge in [-0.15, -0.1) is 0 Å². The van der Waals surface area contributed by atoms with Crippen molar-refractivity contribution in [2.45, 2.75) is 6.54 Å². The van der Waals surface area contributed by atoms with Crippen LogP contribution < -0.4 is 4.90 Å². The van der Waals surface area contributed by atoms with Gasteiger partial charge >= 0.3 is 0 Å². The summed E-state index contributed by atoms with van der Waals surface area (Å²) in [5.74, 6) is -0.515. The fourth-order valence-electron chi connectivity index (χ4n) is 3.80. The van der Waals surface area contributed by atoms with Crippen molar-refractivity contribution in [3.8, 4) is 0 Å². The van der Waals surface area contributed by atoms with Crippen LogP contribution in [0.25, 0.3) is 17.0 Å². The van der Waals surface area contributed by atoms with Crippen molar-refractivity contribution in [2.75, 3.05) is 4.90 Å². The lowest BCUT2D eigenvalue weighted by Gasteiger charge is -2.14. The van der Waals surface area contributed by atoms with E-state index in [1.807, 2.05) is 65.4 Å². The summed E-state index contributed by atoms with van der Waals surface area (Å²) >= 11 is 16.4. The number of carbonyl (C=O) groups is 1. The molecule has 0 aliphatic carbocycles. The zero-order valence-electron chi connectivity index (χ0n) is 17.0. The first-order chi connectivity index (χ1) is 15.9. The second-order valence-corrected chi connectivity index (χ2v) is 10.4. The molecule has 0 spiro atoms. The number of nitrogens with zero attached hydrogens (tertiary/aromatic N) is 2. The van der Waals surface area contributed by atoms with Gasteiger partial charge in [-0.25, -0.2) is 4.39 Å². The summed E-state index contributed by atoms with van der Waals surface area (Å²) in [6.07, 6.45) is 3.76. The number of rotatable bonds is 4. The average molecular weight is 558 g/mol. The zero-order chi connectivity index (χ0) is 23.1. The summed E-state index contributed by atoms with van der Waals surface area (Å²) in [7, 11) is 0. The van der Waals surface area contributed by atoms with Gasteiger partial charge in [-0.1, -0.05) is 75.8 Å². The molecule has 5 rings (SSSR count). The van der Waals surface area contributed by atoms with Crippen LogP contribution >= 0.6 is 51.5 Å². The molecule has 0 N–H and O–H groups in total. The Morgan fingerprint density at radius 1 is 1.06 bits per heavy atom. The molecule has 8 heteroatoms. The van der Waals surface area contributed by atoms with Gasteiger partial charge in [0.15, 0.2) is 4.32 Å². The Kier molecular flexibility index (Phi) is 6.14. The zero-order valence-corrected chi connectivity index (χ0v) is 20.9. The summed E-state index contributed by atoms with van der Waals surface area (Å²) in [4.78, 5) is 15.3. The molecule has 1 amide bonds. The first-order valence-electron chi connectivity index (χ1n) is 9.96. The topological polar surface area (TPSA) is 25.2 Å². The van der Waals surface area contributed by atoms with Gasteiger partial charge in [-0.3, -0.25) is 9.69 Å². The minimum Gasteiger partial charge on any atom is -0.342 e. The molecule has 0 saturated carbocycles. The maximum atomic E-state index is 14.4. The van der Waals surface area contributed by atoms with Crippen molar-refractivity contribution < 1.29 is 9.18 Å². The highest BCUT2D eigenvalue weighted by molar-refractivity contribution is 9.10. The molecule has 1 aliphatic rings. The maximum Gasteiger partial charge on any atom is 0.270 e. The van der Waals surface area contributed by atoms with Gasteiger partial charge in [0.2, 0.25) is 0 Å². The minimum atomic E-state index is -0.350. The molecule has 4 aromatic rings. The number of benzene rings is 3. The molecule has 3 nitrogen and oxygen atoms in total. The standard InChI is InChI=1S/C25H15BrClFN2OS2/c26-16-8-10-17(11-9-16)30-24(31)23(33-25(30)32)12-15-13-29(22-7-2-1-4-18(15)22)14-19-20(27)5-3-6-21(19)28/h1-13H,14H2/b23-12+. The average Bonchev–Trinajstić information content (AvgIpc) is 3.28. The first-order valence-corrected chi connectivity index (χ1v) is 12.4. The Morgan fingerprint density at radius 2 is 1.82 bits per heavy atom. The molecule has 0 atom stereocenters. The number of anilines is 1. The van der Waals surface area contributed by atoms with E-state index < -0.39 is 0 Å². The van der Waals surface area contributed by atoms with E-state index in [1.54, 1.807) is 12.1 Å². The Balaban J connectivity index is 1.54. The van der Waals surface area contributed by atoms with E-state index in [2.05, 4.69) is 15.9 Å². The van der Waals surface area contributed by atoms with Crippen LogP contribution in [0.2, 0.25) is 5.02 Å². The van der Waals surface area contributed by atoms with Crippen LogP contribution in [0, 0.1) is 5.82 Å². The van der Waals surface area contributed by atoms with Gasteiger partial charge in [-0.2, -0.15) is 0 Å². The highest BCUT2D eigenvalue weighted by atomic mass is 79.9. The Morgan fingerprint density at radius 3 is 2.58 bits per heavy atom. The number of thioether (sulfide) groups is 1. The molecule has 0 unspecified atom stereocenters. The molecule has 1 aliphatic heterocycles. The van der Waals surface area contributed by atoms with Crippen LogP contribution in [0.4, 0.5) is 10.1 Å². The third kappa shape index (κ3) is 4.26. The van der Waals surface area contributed by atoms with E-state index in [4.69, 9.17) is 23.8 Å². The quantitative estimate of drug-likeness (QED) is 0.190. The van der Waals surface area contributed by atoms with Gasteiger partial charge in [-0.05, 0) is 48.5 Å². The molecular formula is C25H15BrClFN2OS2. The number of hydrogen-bond acceptors (Lipinski definition) is 3. The molecule has 0 radical (unpaired) electrons. The second kappa shape index (κ2) is 9.06. The van der Waals surface area contributed by atoms with Gasteiger partial charge in [0.1, 0.15) is 5.82 Å². The molecule has 0 bridgehead atoms. The van der Waals surface area contributed by atoms with E-state index >= 15 is 0 Å². The van der Waals surface area contributed by atoms with Crippen LogP contribution in [0.5, 0.6) is 0 Å². The number of hydrogen-bond donors (Lipinski definition) is 0. The summed E-state index contributed by atoms with van der Waals surface area (Å²) < 4.78 is 17.8. The number of amides is 1. The number of aromatic nitrogens is 1. The molecule has 3 aromatic carbocycles. The third-order valence-electron chi connectivity index (χ3n) is 5.37. The van der Waals surface area contributed by atoms with Crippen molar-refractivity contribution in [3.63, 3.8) is 0 Å². The van der Waals surface area contributed by atoms with Gasteiger partial charge in [0.05, 0.1) is 17.1 Å². The van der Waals surface area contributed by atoms with Crippen molar-refractivity contribution in [1.29, 1.82) is 0 Å². The van der Waals surface area contributed by atoms with Gasteiger partial charge in [0, 0.05) is 37.7 Å². The predicted octanol–water partition coefficient (Wildman–Crippen LogP) is 7.65. The highest BCUT2D eigenvalue weighted by Gasteiger charge is 2.33. The fraction of sp³-hybridized carbons (Fsp3) is 0.0400. The summed E-state index contributed by atoms with van der Waals surface area (Å²) in [5.41, 5.74) is 2.93. The molecular weight excluding hydrogens is 543 g/mol. The minimum absolute atomic E-state index is 0.165. The van der Waals surface area contributed by atoms with Gasteiger partial charge < -0.3 is 4.57 Å². The van der Waals surface area contributed by atoms with Crippen molar-refractivity contribution in [3.05, 3.63) is 104 Å². The van der Waals surface area contributed by atoms with E-state index in [1.165, 1.54) is 22.7 Å². The monoisotopic (exact) mass is 556 g/mol. The predicted molar refractivity (Wildman–Crippen MR) is 142 cm³/mol. The fourth-order valence-corrected chi connectivity index (χ4v) is 5.57. The van der Waals surface area contributed by atoms with Crippen LogP contribution in [0.1, 0.15) is 11.1 Å². The number of para-hydroxylation sites is 1. The van der Waals surface area contributed by atoms with Crippen LogP contribution in [-0.2, 0) is 11.3 Å². The van der Waals surface area contributed by atoms with E-state index in [-0.39, 0.29) is 18.3 Å². The lowest BCUT2D eigenvalue weighted by atomic mass is 10.1. The van der Waals surface area contributed by atoms with E-state index in [9.17, 15) is 9.18 Å². The van der Waals surface area contributed by atoms with Crippen molar-refractivity contribution in [2.24, 2.45) is 0 Å². The number of fused-ring (bicyclic) bond motifs is 1. The van der Waals surface area contributed by atoms with Crippen LogP contribution in [-0.4, -0.2) is 14.8 Å². The first kappa shape index (κ1) is 22.3. The number of thiocarbonyl (C=S) groups is 1. The van der Waals surface area contributed by atoms with Crippen LogP contribution in [0.3, 0.4) is 0 Å². The van der Waals surface area contributed by atoms with Gasteiger partial charge in [0.25, 0.3) is 5.91 Å². The molecule has 164 valence electrons. The third-order valence-corrected chi connectivity index (χ3v) is 7.56. The summed E-state index contributed by atoms with van der Waals surface area (Å²) in [5, 5.41) is 1.34. The normalized spacial score (nSPS) is 15.2. The highest BCUT2D eigenvalue weighted by Crippen LogP contribution is 2.37. The molecule has 2 heterocycles. The Hall–Kier alpha value is -2.45. The maximum absolute atomic E-state index is 14.4. The number of halogens is 3. The van der Waals surface area contributed by atoms with E-state index in [0.29, 0.717) is 19.8 Å². The molecule has 1 aromatic heterocycles. The van der Waals surface area contributed by atoms with Crippen molar-refractivity contribution >= 4 is 84.4 Å². The summed E-state index contributed by atoms with van der Waals surface area (Å²) in [6.45, 7) is 0.277. The molecule has 1 fully saturated rings. The largest absolute Gasteiger partial charge is 0.342 e. The second-order valence-electron chi connectivity index (χ2n) is 7.42. The smallest absolute Gasteiger partial charge is 0.270 e. The Labute approximate surface area is 213 Å². The molecule has 33 heavy (non-hydrogen) atoms. The number of carbonyl (C=O) groups excluding carboxylic acids is 1. The van der Waals surface area contributed by atoms with Crippen LogP contribution in [0.15, 0.2) is 82.3 Å². The van der Waals surface area contributed by atoms with E-state index in [0.717, 1.165) is 26.6 Å².